The maximum Gasteiger partial charge on any atom is 0.278 e. The fraction of sp³-hybridized carbons (Fsp3) is 0.125. The first-order valence-electron chi connectivity index (χ1n) is 3.88. The van der Waals surface area contributed by atoms with Crippen molar-refractivity contribution in [1.29, 1.82) is 0 Å². The zero-order valence-electron chi connectivity index (χ0n) is 7.35. The van der Waals surface area contributed by atoms with Crippen LogP contribution in [0.3, 0.4) is 0 Å². The predicted octanol–water partition coefficient (Wildman–Crippen LogP) is 1.22. The lowest BCUT2D eigenvalue weighted by molar-refractivity contribution is 0.102. The molecule has 72 valence electrons. The Kier molecular flexibility index (Phi) is 2.02. The number of carbonyl (C=O) groups excluding carboxylic acids is 1. The van der Waals surface area contributed by atoms with Crippen LogP contribution in [0.15, 0.2) is 27.7 Å². The average Bonchev–Trinajstić information content (AvgIpc) is 2.75. The minimum Gasteiger partial charge on any atom is -0.451 e. The molecule has 0 bridgehead atoms. The zero-order chi connectivity index (χ0) is 9.97. The number of carbonyl (C=O) groups is 1. The highest BCUT2D eigenvalue weighted by molar-refractivity contribution is 6.01. The summed E-state index contributed by atoms with van der Waals surface area (Å²) in [7, 11) is 0. The van der Waals surface area contributed by atoms with E-state index in [1.807, 2.05) is 0 Å². The van der Waals surface area contributed by atoms with Gasteiger partial charge in [0.2, 0.25) is 0 Å². The molecule has 2 rings (SSSR count). The average molecular weight is 193 g/mol. The minimum atomic E-state index is -0.382. The van der Waals surface area contributed by atoms with Gasteiger partial charge in [-0.05, 0) is 6.92 Å². The molecule has 0 aliphatic heterocycles. The summed E-state index contributed by atoms with van der Waals surface area (Å²) in [5.41, 5.74) is 0.200. The van der Waals surface area contributed by atoms with Gasteiger partial charge < -0.3 is 14.3 Å². The molecular weight excluding hydrogens is 186 g/mol. The van der Waals surface area contributed by atoms with E-state index in [9.17, 15) is 4.79 Å². The van der Waals surface area contributed by atoms with Crippen molar-refractivity contribution in [1.82, 2.24) is 10.1 Å². The number of rotatable bonds is 2. The predicted molar refractivity (Wildman–Crippen MR) is 45.7 cm³/mol. The summed E-state index contributed by atoms with van der Waals surface area (Å²) >= 11 is 0. The van der Waals surface area contributed by atoms with Crippen LogP contribution in [0.25, 0.3) is 0 Å². The molecule has 2 aromatic heterocycles. The molecule has 2 heterocycles. The highest BCUT2D eigenvalue weighted by atomic mass is 16.5. The van der Waals surface area contributed by atoms with Crippen LogP contribution in [-0.4, -0.2) is 16.0 Å². The Bertz CT molecular complexity index is 432. The summed E-state index contributed by atoms with van der Waals surface area (Å²) in [6.45, 7) is 1.73. The molecule has 2 aromatic rings. The molecule has 6 heteroatoms. The van der Waals surface area contributed by atoms with Crippen molar-refractivity contribution >= 4 is 11.7 Å². The minimum absolute atomic E-state index is 0.200. The van der Waals surface area contributed by atoms with E-state index in [0.717, 1.165) is 0 Å². The van der Waals surface area contributed by atoms with E-state index in [0.29, 0.717) is 11.6 Å². The van der Waals surface area contributed by atoms with Gasteiger partial charge in [-0.25, -0.2) is 4.98 Å². The van der Waals surface area contributed by atoms with E-state index in [2.05, 4.69) is 19.9 Å². The Balaban J connectivity index is 2.09. The van der Waals surface area contributed by atoms with Gasteiger partial charge in [0.05, 0.1) is 0 Å². The molecule has 0 fully saturated rings. The summed E-state index contributed by atoms with van der Waals surface area (Å²) in [5.74, 6) is 0.600. The number of nitrogens with one attached hydrogen (secondary N) is 1. The molecule has 1 amide bonds. The van der Waals surface area contributed by atoms with E-state index in [-0.39, 0.29) is 11.6 Å². The fourth-order valence-electron chi connectivity index (χ4n) is 0.930. The van der Waals surface area contributed by atoms with E-state index in [1.54, 1.807) is 13.0 Å². The molecule has 0 aliphatic rings. The van der Waals surface area contributed by atoms with Crippen molar-refractivity contribution in [2.75, 3.05) is 5.32 Å². The number of amides is 1. The van der Waals surface area contributed by atoms with Crippen molar-refractivity contribution in [2.45, 2.75) is 6.92 Å². The van der Waals surface area contributed by atoms with Crippen molar-refractivity contribution in [3.63, 3.8) is 0 Å². The Morgan fingerprint density at radius 3 is 3.00 bits per heavy atom. The number of nitrogens with zero attached hydrogens (tertiary/aromatic N) is 2. The second-order valence-electron chi connectivity index (χ2n) is 2.65. The molecule has 0 aromatic carbocycles. The van der Waals surface area contributed by atoms with Crippen molar-refractivity contribution < 1.29 is 13.7 Å². The lowest BCUT2D eigenvalue weighted by atomic mass is 10.4. The number of anilines is 1. The molecule has 6 nitrogen and oxygen atoms in total. The molecule has 1 N–H and O–H groups in total. The summed E-state index contributed by atoms with van der Waals surface area (Å²) < 4.78 is 9.44. The molecule has 0 saturated heterocycles. The van der Waals surface area contributed by atoms with E-state index in [4.69, 9.17) is 4.52 Å². The summed E-state index contributed by atoms with van der Waals surface area (Å²) in [6, 6.07) is 1.61. The van der Waals surface area contributed by atoms with Crippen molar-refractivity contribution in [3.8, 4) is 0 Å². The van der Waals surface area contributed by atoms with E-state index >= 15 is 0 Å². The van der Waals surface area contributed by atoms with Crippen LogP contribution in [0, 0.1) is 6.92 Å². The Morgan fingerprint density at radius 2 is 2.43 bits per heavy atom. The van der Waals surface area contributed by atoms with Gasteiger partial charge in [-0.2, -0.15) is 0 Å². The third-order valence-corrected chi connectivity index (χ3v) is 1.53. The quantitative estimate of drug-likeness (QED) is 0.775. The summed E-state index contributed by atoms with van der Waals surface area (Å²) in [6.07, 6.45) is 2.44. The Hall–Kier alpha value is -2.11. The number of hydrogen-bond acceptors (Lipinski definition) is 5. The molecule has 14 heavy (non-hydrogen) atoms. The van der Waals surface area contributed by atoms with Gasteiger partial charge in [-0.3, -0.25) is 4.79 Å². The Morgan fingerprint density at radius 1 is 1.57 bits per heavy atom. The van der Waals surface area contributed by atoms with Crippen LogP contribution in [-0.2, 0) is 0 Å². The normalized spacial score (nSPS) is 10.1. The summed E-state index contributed by atoms with van der Waals surface area (Å²) in [5, 5.41) is 6.10. The number of hydrogen-bond donors (Lipinski definition) is 1. The van der Waals surface area contributed by atoms with Crippen LogP contribution in [0.4, 0.5) is 5.82 Å². The molecule has 0 unspecified atom stereocenters. The molecule has 0 spiro atoms. The van der Waals surface area contributed by atoms with Gasteiger partial charge in [-0.15, -0.1) is 0 Å². The molecule has 0 radical (unpaired) electrons. The monoisotopic (exact) mass is 193 g/mol. The second kappa shape index (κ2) is 3.33. The third-order valence-electron chi connectivity index (χ3n) is 1.53. The van der Waals surface area contributed by atoms with Gasteiger partial charge in [0.1, 0.15) is 12.0 Å². The molecule has 0 atom stereocenters. The molecule has 0 aliphatic carbocycles. The fourth-order valence-corrected chi connectivity index (χ4v) is 0.930. The number of aromatic nitrogens is 2. The van der Waals surface area contributed by atoms with Gasteiger partial charge in [-0.1, -0.05) is 5.16 Å². The Labute approximate surface area is 78.9 Å². The van der Waals surface area contributed by atoms with Gasteiger partial charge in [0, 0.05) is 6.07 Å². The summed E-state index contributed by atoms with van der Waals surface area (Å²) in [4.78, 5) is 15.1. The van der Waals surface area contributed by atoms with Crippen LogP contribution in [0.2, 0.25) is 0 Å². The number of oxazole rings is 1. The van der Waals surface area contributed by atoms with E-state index < -0.39 is 0 Å². The van der Waals surface area contributed by atoms with Gasteiger partial charge >= 0.3 is 0 Å². The zero-order valence-corrected chi connectivity index (χ0v) is 7.35. The first kappa shape index (κ1) is 8.49. The van der Waals surface area contributed by atoms with Crippen LogP contribution < -0.4 is 5.32 Å². The third kappa shape index (κ3) is 1.63. The van der Waals surface area contributed by atoms with Crippen molar-refractivity contribution in [2.24, 2.45) is 0 Å². The lowest BCUT2D eigenvalue weighted by Crippen LogP contribution is -2.12. The van der Waals surface area contributed by atoms with Crippen LogP contribution in [0.5, 0.6) is 0 Å². The van der Waals surface area contributed by atoms with E-state index in [1.165, 1.54) is 12.7 Å². The second-order valence-corrected chi connectivity index (χ2v) is 2.65. The van der Waals surface area contributed by atoms with Crippen molar-refractivity contribution in [3.05, 3.63) is 30.2 Å². The smallest absolute Gasteiger partial charge is 0.278 e. The SMILES string of the molecule is Cc1cc(NC(=O)c2cocn2)no1. The maximum atomic E-state index is 11.4. The van der Waals surface area contributed by atoms with Crippen LogP contribution in [0.1, 0.15) is 16.2 Å². The van der Waals surface area contributed by atoms with Gasteiger partial charge in [0.25, 0.3) is 5.91 Å². The largest absolute Gasteiger partial charge is 0.451 e. The lowest BCUT2D eigenvalue weighted by Gasteiger charge is -1.94. The highest BCUT2D eigenvalue weighted by Crippen LogP contribution is 2.08. The topological polar surface area (TPSA) is 81.2 Å². The standard InChI is InChI=1S/C8H7N3O3/c1-5-2-7(11-14-5)10-8(12)6-3-13-4-9-6/h2-4H,1H3,(H,10,11,12). The first-order chi connectivity index (χ1) is 6.75. The molecule has 0 saturated carbocycles. The molecular formula is C8H7N3O3. The first-order valence-corrected chi connectivity index (χ1v) is 3.88. The van der Waals surface area contributed by atoms with Gasteiger partial charge in [0.15, 0.2) is 17.9 Å². The number of aryl methyl sites for hydroxylation is 1. The van der Waals surface area contributed by atoms with Crippen LogP contribution >= 0.6 is 0 Å². The maximum absolute atomic E-state index is 11.4. The highest BCUT2D eigenvalue weighted by Gasteiger charge is 2.10.